The smallest absolute Gasteiger partial charge is 0.253 e. The van der Waals surface area contributed by atoms with E-state index in [-0.39, 0.29) is 23.8 Å². The molecule has 1 saturated heterocycles. The molecule has 0 aliphatic carbocycles. The molecule has 0 radical (unpaired) electrons. The van der Waals surface area contributed by atoms with Gasteiger partial charge < -0.3 is 10.2 Å². The number of aryl methyl sites for hydroxylation is 1. The number of benzene rings is 1. The van der Waals surface area contributed by atoms with Crippen molar-refractivity contribution in [2.45, 2.75) is 33.7 Å². The number of likely N-dealkylation sites (tertiary alicyclic amines) is 1. The molecule has 0 aromatic heterocycles. The molecule has 0 bridgehead atoms. The molecule has 1 aromatic rings. The van der Waals surface area contributed by atoms with Crippen molar-refractivity contribution in [3.05, 3.63) is 34.3 Å². The van der Waals surface area contributed by atoms with Gasteiger partial charge in [0.25, 0.3) is 5.91 Å². The summed E-state index contributed by atoms with van der Waals surface area (Å²) in [7, 11) is 0. The average Bonchev–Trinajstić information content (AvgIpc) is 2.86. The summed E-state index contributed by atoms with van der Waals surface area (Å²) in [4.78, 5) is 25.9. The molecule has 2 atom stereocenters. The highest BCUT2D eigenvalue weighted by atomic mass is 35.5. The molecule has 0 saturated carbocycles. The Morgan fingerprint density at radius 3 is 2.59 bits per heavy atom. The summed E-state index contributed by atoms with van der Waals surface area (Å²) in [5.74, 6) is 0.532. The summed E-state index contributed by atoms with van der Waals surface area (Å²) < 4.78 is 0. The van der Waals surface area contributed by atoms with Crippen molar-refractivity contribution in [1.29, 1.82) is 0 Å². The highest BCUT2D eigenvalue weighted by Gasteiger charge is 2.36. The predicted octanol–water partition coefficient (Wildman–Crippen LogP) is 2.88. The van der Waals surface area contributed by atoms with Crippen LogP contribution in [0.1, 0.15) is 36.7 Å². The Morgan fingerprint density at radius 2 is 2.00 bits per heavy atom. The predicted molar refractivity (Wildman–Crippen MR) is 88.0 cm³/mol. The van der Waals surface area contributed by atoms with Crippen LogP contribution in [0.15, 0.2) is 18.2 Å². The lowest BCUT2D eigenvalue weighted by Gasteiger charge is -2.23. The van der Waals surface area contributed by atoms with Gasteiger partial charge in [-0.05, 0) is 24.5 Å². The zero-order valence-electron chi connectivity index (χ0n) is 13.5. The minimum absolute atomic E-state index is 0.0343. The van der Waals surface area contributed by atoms with E-state index in [1.807, 2.05) is 19.1 Å². The summed E-state index contributed by atoms with van der Waals surface area (Å²) in [6.07, 6.45) is 0. The van der Waals surface area contributed by atoms with Crippen LogP contribution in [0.4, 0.5) is 0 Å². The molecule has 4 nitrogen and oxygen atoms in total. The van der Waals surface area contributed by atoms with Crippen molar-refractivity contribution in [3.63, 3.8) is 0 Å². The maximum absolute atomic E-state index is 12.5. The first-order valence-electron chi connectivity index (χ1n) is 7.62. The van der Waals surface area contributed by atoms with E-state index in [2.05, 4.69) is 19.2 Å². The number of nitrogens with one attached hydrogen (secondary N) is 1. The van der Waals surface area contributed by atoms with Crippen LogP contribution in [0, 0.1) is 18.8 Å². The van der Waals surface area contributed by atoms with Gasteiger partial charge in [-0.2, -0.15) is 0 Å². The number of rotatable bonds is 3. The second kappa shape index (κ2) is 6.69. The van der Waals surface area contributed by atoms with Crippen LogP contribution < -0.4 is 5.32 Å². The number of amides is 2. The van der Waals surface area contributed by atoms with Crippen molar-refractivity contribution < 1.29 is 9.59 Å². The number of hydrogen-bond acceptors (Lipinski definition) is 2. The summed E-state index contributed by atoms with van der Waals surface area (Å²) >= 11 is 6.23. The minimum atomic E-state index is -0.172. The Balaban J connectivity index is 2.16. The molecule has 1 fully saturated rings. The van der Waals surface area contributed by atoms with Gasteiger partial charge in [0.15, 0.2) is 0 Å². The van der Waals surface area contributed by atoms with Gasteiger partial charge in [0.05, 0.1) is 16.6 Å². The van der Waals surface area contributed by atoms with Crippen LogP contribution in [0.2, 0.25) is 5.02 Å². The lowest BCUT2D eigenvalue weighted by atomic mass is 9.91. The first kappa shape index (κ1) is 16.8. The zero-order chi connectivity index (χ0) is 16.4. The van der Waals surface area contributed by atoms with Gasteiger partial charge in [-0.3, -0.25) is 9.59 Å². The maximum atomic E-state index is 12.5. The number of nitrogens with zero attached hydrogens (tertiary/aromatic N) is 1. The maximum Gasteiger partial charge on any atom is 0.253 e. The molecular formula is C17H23ClN2O2. The summed E-state index contributed by atoms with van der Waals surface area (Å²) in [5, 5.41) is 3.55. The minimum Gasteiger partial charge on any atom is -0.347 e. The Kier molecular flexibility index (Phi) is 5.12. The van der Waals surface area contributed by atoms with E-state index in [0.717, 1.165) is 5.56 Å². The molecule has 1 aliphatic heterocycles. The van der Waals surface area contributed by atoms with Crippen molar-refractivity contribution >= 4 is 23.4 Å². The number of carbonyl (C=O) groups is 2. The third-order valence-electron chi connectivity index (χ3n) is 4.42. The van der Waals surface area contributed by atoms with Gasteiger partial charge in [0, 0.05) is 25.9 Å². The Morgan fingerprint density at radius 1 is 1.32 bits per heavy atom. The molecular weight excluding hydrogens is 300 g/mol. The zero-order valence-corrected chi connectivity index (χ0v) is 14.3. The highest BCUT2D eigenvalue weighted by molar-refractivity contribution is 6.34. The molecule has 2 rings (SSSR count). The van der Waals surface area contributed by atoms with Gasteiger partial charge in [0.2, 0.25) is 5.91 Å². The molecule has 22 heavy (non-hydrogen) atoms. The van der Waals surface area contributed by atoms with E-state index in [1.54, 1.807) is 17.9 Å². The van der Waals surface area contributed by atoms with Crippen LogP contribution in [0.3, 0.4) is 0 Å². The number of carbonyl (C=O) groups excluding carboxylic acids is 2. The van der Waals surface area contributed by atoms with Gasteiger partial charge in [-0.25, -0.2) is 0 Å². The normalized spacial score (nSPS) is 21.3. The molecule has 0 spiro atoms. The van der Waals surface area contributed by atoms with Gasteiger partial charge in [-0.15, -0.1) is 0 Å². The van der Waals surface area contributed by atoms with Crippen LogP contribution in [0.25, 0.3) is 0 Å². The molecule has 1 aromatic carbocycles. The Bertz CT molecular complexity index is 586. The Hall–Kier alpha value is -1.55. The fourth-order valence-corrected chi connectivity index (χ4v) is 3.20. The van der Waals surface area contributed by atoms with Crippen LogP contribution in [-0.2, 0) is 4.79 Å². The fraction of sp³-hybridized carbons (Fsp3) is 0.529. The quantitative estimate of drug-likeness (QED) is 0.930. The highest BCUT2D eigenvalue weighted by Crippen LogP contribution is 2.26. The van der Waals surface area contributed by atoms with Crippen molar-refractivity contribution in [3.8, 4) is 0 Å². The number of hydrogen-bond donors (Lipinski definition) is 1. The topological polar surface area (TPSA) is 49.4 Å². The van der Waals surface area contributed by atoms with Crippen LogP contribution >= 0.6 is 11.6 Å². The van der Waals surface area contributed by atoms with Gasteiger partial charge in [0.1, 0.15) is 0 Å². The molecule has 120 valence electrons. The van der Waals surface area contributed by atoms with Crippen molar-refractivity contribution in [2.75, 3.05) is 13.1 Å². The lowest BCUT2D eigenvalue weighted by molar-refractivity contribution is -0.128. The average molecular weight is 323 g/mol. The van der Waals surface area contributed by atoms with Crippen molar-refractivity contribution in [2.24, 2.45) is 11.8 Å². The SMILES string of the molecule is CC(=O)N1CC(NC(=O)c2cccc(C)c2Cl)C(C(C)C)C1. The second-order valence-corrected chi connectivity index (χ2v) is 6.73. The first-order valence-corrected chi connectivity index (χ1v) is 8.00. The van der Waals surface area contributed by atoms with E-state index < -0.39 is 0 Å². The van der Waals surface area contributed by atoms with E-state index in [1.165, 1.54) is 0 Å². The second-order valence-electron chi connectivity index (χ2n) is 6.35. The van der Waals surface area contributed by atoms with Gasteiger partial charge in [-0.1, -0.05) is 37.6 Å². The third kappa shape index (κ3) is 3.43. The van der Waals surface area contributed by atoms with Gasteiger partial charge >= 0.3 is 0 Å². The lowest BCUT2D eigenvalue weighted by Crippen LogP contribution is -2.42. The first-order chi connectivity index (χ1) is 10.3. The molecule has 5 heteroatoms. The summed E-state index contributed by atoms with van der Waals surface area (Å²) in [6.45, 7) is 8.94. The summed E-state index contributed by atoms with van der Waals surface area (Å²) in [5.41, 5.74) is 1.37. The number of halogens is 1. The molecule has 1 aliphatic rings. The summed E-state index contributed by atoms with van der Waals surface area (Å²) in [6, 6.07) is 5.40. The van der Waals surface area contributed by atoms with E-state index in [0.29, 0.717) is 29.6 Å². The Labute approximate surface area is 136 Å². The molecule has 1 N–H and O–H groups in total. The largest absolute Gasteiger partial charge is 0.347 e. The van der Waals surface area contributed by atoms with E-state index in [4.69, 9.17) is 11.6 Å². The van der Waals surface area contributed by atoms with Crippen molar-refractivity contribution in [1.82, 2.24) is 10.2 Å². The van der Waals surface area contributed by atoms with Crippen LogP contribution in [0.5, 0.6) is 0 Å². The van der Waals surface area contributed by atoms with E-state index >= 15 is 0 Å². The van der Waals surface area contributed by atoms with E-state index in [9.17, 15) is 9.59 Å². The molecule has 1 heterocycles. The third-order valence-corrected chi connectivity index (χ3v) is 4.92. The standard InChI is InChI=1S/C17H23ClN2O2/c1-10(2)14-8-20(12(4)21)9-15(14)19-17(22)13-7-5-6-11(3)16(13)18/h5-7,10,14-15H,8-9H2,1-4H3,(H,19,22). The monoisotopic (exact) mass is 322 g/mol. The molecule has 2 unspecified atom stereocenters. The van der Waals surface area contributed by atoms with Crippen LogP contribution in [-0.4, -0.2) is 35.8 Å². The fourth-order valence-electron chi connectivity index (χ4n) is 2.98. The molecule has 2 amide bonds.